The average molecular weight is 183 g/mol. The Morgan fingerprint density at radius 1 is 1.83 bits per heavy atom. The van der Waals surface area contributed by atoms with Crippen LogP contribution in [0.4, 0.5) is 0 Å². The molecule has 1 rings (SSSR count). The molecule has 0 bridgehead atoms. The predicted molar refractivity (Wildman–Crippen MR) is 49.7 cm³/mol. The van der Waals surface area contributed by atoms with Crippen molar-refractivity contribution >= 4 is 17.6 Å². The van der Waals surface area contributed by atoms with Gasteiger partial charge in [0.25, 0.3) is 5.82 Å². The minimum atomic E-state index is -1.24. The maximum Gasteiger partial charge on any atom is 0.295 e. The molecule has 1 heterocycles. The second kappa shape index (κ2) is 3.16. The van der Waals surface area contributed by atoms with Gasteiger partial charge in [-0.1, -0.05) is 18.8 Å². The smallest absolute Gasteiger partial charge is 0.295 e. The van der Waals surface area contributed by atoms with Crippen LogP contribution in [-0.4, -0.2) is 15.5 Å². The first-order valence-corrected chi connectivity index (χ1v) is 3.97. The van der Waals surface area contributed by atoms with Crippen LogP contribution in [0.25, 0.3) is 0 Å². The highest BCUT2D eigenvalue weighted by Gasteiger charge is 2.32. The molecule has 0 spiro atoms. The van der Waals surface area contributed by atoms with Gasteiger partial charge < -0.3 is 5.11 Å². The van der Waals surface area contributed by atoms with Crippen molar-refractivity contribution in [2.45, 2.75) is 5.60 Å². The molecule has 4 heteroatoms. The van der Waals surface area contributed by atoms with Crippen LogP contribution in [0.15, 0.2) is 25.0 Å². The van der Waals surface area contributed by atoms with Crippen molar-refractivity contribution in [3.8, 4) is 0 Å². The number of aliphatic hydroxyl groups is 1. The van der Waals surface area contributed by atoms with Crippen LogP contribution in [0.1, 0.15) is 5.82 Å². The zero-order valence-electron chi connectivity index (χ0n) is 6.82. The molecule has 0 saturated heterocycles. The summed E-state index contributed by atoms with van der Waals surface area (Å²) < 4.78 is 1.75. The van der Waals surface area contributed by atoms with E-state index in [0.29, 0.717) is 5.82 Å². The molecule has 12 heavy (non-hydrogen) atoms. The Morgan fingerprint density at radius 3 is 2.83 bits per heavy atom. The predicted octanol–water partition coefficient (Wildman–Crippen LogP) is 0.212. The van der Waals surface area contributed by atoms with Gasteiger partial charge in [0.1, 0.15) is 12.4 Å². The summed E-state index contributed by atoms with van der Waals surface area (Å²) in [6.07, 6.45) is 4.91. The first-order chi connectivity index (χ1) is 5.64. The maximum atomic E-state index is 9.84. The summed E-state index contributed by atoms with van der Waals surface area (Å²) in [4.78, 5) is 2.89. The van der Waals surface area contributed by atoms with Gasteiger partial charge in [0.05, 0.1) is 7.05 Å². The van der Waals surface area contributed by atoms with Gasteiger partial charge in [-0.05, 0) is 6.08 Å². The van der Waals surface area contributed by atoms with Crippen molar-refractivity contribution in [3.05, 3.63) is 30.9 Å². The molecule has 0 amide bonds. The third-order valence-corrected chi connectivity index (χ3v) is 2.10. The van der Waals surface area contributed by atoms with Gasteiger partial charge in [-0.25, -0.2) is 9.55 Å². The van der Waals surface area contributed by atoms with Gasteiger partial charge in [-0.15, -0.1) is 0 Å². The minimum absolute atomic E-state index is 0.604. The maximum absolute atomic E-state index is 9.84. The lowest BCUT2D eigenvalue weighted by Crippen LogP contribution is -2.41. The zero-order chi connectivity index (χ0) is 9.19. The molecule has 0 radical (unpaired) electrons. The molecule has 64 valence electrons. The quantitative estimate of drug-likeness (QED) is 0.399. The van der Waals surface area contributed by atoms with Crippen molar-refractivity contribution in [2.75, 3.05) is 0 Å². The van der Waals surface area contributed by atoms with E-state index in [1.807, 2.05) is 7.05 Å². The zero-order valence-corrected chi connectivity index (χ0v) is 7.64. The molecule has 0 fully saturated rings. The lowest BCUT2D eigenvalue weighted by molar-refractivity contribution is -0.682. The Labute approximate surface area is 76.4 Å². The van der Waals surface area contributed by atoms with Crippen molar-refractivity contribution in [3.63, 3.8) is 0 Å². The van der Waals surface area contributed by atoms with Gasteiger partial charge in [0, 0.05) is 5.37 Å². The number of thiocarbonyl (C=S) groups is 1. The Balaban J connectivity index is 3.19. The molecule has 0 aliphatic carbocycles. The fourth-order valence-electron chi connectivity index (χ4n) is 1.00. The van der Waals surface area contributed by atoms with Crippen LogP contribution < -0.4 is 4.57 Å². The van der Waals surface area contributed by atoms with Gasteiger partial charge in [-0.3, -0.25) is 0 Å². The molecule has 1 aromatic rings. The Hall–Kier alpha value is -1.00. The molecule has 0 aliphatic rings. The van der Waals surface area contributed by atoms with Gasteiger partial charge in [-0.2, -0.15) is 0 Å². The lowest BCUT2D eigenvalue weighted by atomic mass is 10.1. The number of rotatable bonds is 3. The summed E-state index contributed by atoms with van der Waals surface area (Å²) in [6, 6.07) is 0. The van der Waals surface area contributed by atoms with Crippen LogP contribution in [0, 0.1) is 0 Å². The molecule has 0 aliphatic heterocycles. The SMILES string of the molecule is C=CC(O)(C=S)c1[nH]cc[n+]1C. The standard InChI is InChI=1S/C8H10N2OS/c1-3-8(11,6-12)7-9-4-5-10(7)2/h3-6,11H,1H2,2H3/p+1. The first kappa shape index (κ1) is 9.09. The Kier molecular flexibility index (Phi) is 2.40. The highest BCUT2D eigenvalue weighted by Crippen LogP contribution is 2.13. The van der Waals surface area contributed by atoms with Gasteiger partial charge in [0.2, 0.25) is 5.60 Å². The van der Waals surface area contributed by atoms with Gasteiger partial charge >= 0.3 is 0 Å². The van der Waals surface area contributed by atoms with Crippen molar-refractivity contribution in [1.29, 1.82) is 0 Å². The van der Waals surface area contributed by atoms with E-state index in [9.17, 15) is 5.11 Å². The van der Waals surface area contributed by atoms with E-state index in [1.165, 1.54) is 11.4 Å². The van der Waals surface area contributed by atoms with Crippen LogP contribution in [0.2, 0.25) is 0 Å². The van der Waals surface area contributed by atoms with Gasteiger partial charge in [0.15, 0.2) is 0 Å². The normalized spacial score (nSPS) is 15.2. The average Bonchev–Trinajstić information content (AvgIpc) is 2.51. The fourth-order valence-corrected chi connectivity index (χ4v) is 1.21. The van der Waals surface area contributed by atoms with E-state index in [1.54, 1.807) is 17.0 Å². The van der Waals surface area contributed by atoms with E-state index in [0.717, 1.165) is 0 Å². The second-order valence-corrected chi connectivity index (χ2v) is 2.80. The molecule has 2 N–H and O–H groups in total. The number of H-pyrrole nitrogens is 1. The molecule has 1 aromatic heterocycles. The monoisotopic (exact) mass is 183 g/mol. The third-order valence-electron chi connectivity index (χ3n) is 1.74. The molecular formula is C8H11N2OS+. The summed E-state index contributed by atoms with van der Waals surface area (Å²) in [5.41, 5.74) is -1.24. The largest absolute Gasteiger partial charge is 0.370 e. The number of aryl methyl sites for hydroxylation is 1. The summed E-state index contributed by atoms with van der Waals surface area (Å²) in [5.74, 6) is 0.604. The highest BCUT2D eigenvalue weighted by atomic mass is 32.1. The number of nitrogens with one attached hydrogen (secondary N) is 1. The summed E-state index contributed by atoms with van der Waals surface area (Å²) in [6.45, 7) is 3.52. The van der Waals surface area contributed by atoms with Crippen LogP contribution in [-0.2, 0) is 12.6 Å². The van der Waals surface area contributed by atoms with Crippen LogP contribution in [0.3, 0.4) is 0 Å². The molecule has 1 unspecified atom stereocenters. The minimum Gasteiger partial charge on any atom is -0.370 e. The topological polar surface area (TPSA) is 39.9 Å². The summed E-state index contributed by atoms with van der Waals surface area (Å²) >= 11 is 4.71. The molecule has 0 aromatic carbocycles. The summed E-state index contributed by atoms with van der Waals surface area (Å²) in [7, 11) is 1.82. The fraction of sp³-hybridized carbons (Fsp3) is 0.250. The van der Waals surface area contributed by atoms with E-state index < -0.39 is 5.60 Å². The van der Waals surface area contributed by atoms with Crippen molar-refractivity contribution < 1.29 is 9.67 Å². The lowest BCUT2D eigenvalue weighted by Gasteiger charge is -2.12. The Morgan fingerprint density at radius 2 is 2.50 bits per heavy atom. The number of aromatic amines is 1. The molecular weight excluding hydrogens is 172 g/mol. The third kappa shape index (κ3) is 1.31. The highest BCUT2D eigenvalue weighted by molar-refractivity contribution is 7.79. The summed E-state index contributed by atoms with van der Waals surface area (Å²) in [5, 5.41) is 11.1. The second-order valence-electron chi connectivity index (χ2n) is 2.57. The van der Waals surface area contributed by atoms with Crippen molar-refractivity contribution in [2.24, 2.45) is 7.05 Å². The molecule has 0 saturated carbocycles. The van der Waals surface area contributed by atoms with E-state index >= 15 is 0 Å². The van der Waals surface area contributed by atoms with E-state index in [4.69, 9.17) is 12.2 Å². The molecule has 1 atom stereocenters. The first-order valence-electron chi connectivity index (χ1n) is 3.50. The Bertz CT molecular complexity index is 298. The number of imidazole rings is 1. The van der Waals surface area contributed by atoms with E-state index in [2.05, 4.69) is 11.6 Å². The number of hydrogen-bond donors (Lipinski definition) is 2. The van der Waals surface area contributed by atoms with Crippen molar-refractivity contribution in [1.82, 2.24) is 4.98 Å². The number of nitrogens with zero attached hydrogens (tertiary/aromatic N) is 1. The number of aromatic nitrogens is 2. The van der Waals surface area contributed by atoms with E-state index in [-0.39, 0.29) is 0 Å². The van der Waals surface area contributed by atoms with Crippen LogP contribution >= 0.6 is 12.2 Å². The molecule has 3 nitrogen and oxygen atoms in total. The van der Waals surface area contributed by atoms with Crippen LogP contribution in [0.5, 0.6) is 0 Å². The number of hydrogen-bond acceptors (Lipinski definition) is 2.